The lowest BCUT2D eigenvalue weighted by molar-refractivity contribution is -0.0986. The third-order valence-corrected chi connectivity index (χ3v) is 5.17. The predicted molar refractivity (Wildman–Crippen MR) is 118 cm³/mol. The third kappa shape index (κ3) is 4.15. The summed E-state index contributed by atoms with van der Waals surface area (Å²) < 4.78 is 6.96. The number of aliphatic hydroxyl groups excluding tert-OH is 1. The molecule has 3 aromatic heterocycles. The van der Waals surface area contributed by atoms with Crippen molar-refractivity contribution in [2.24, 2.45) is 0 Å². The number of ether oxygens (including phenoxy) is 1. The Balaban J connectivity index is 1.62. The minimum atomic E-state index is -1.04. The van der Waals surface area contributed by atoms with E-state index in [2.05, 4.69) is 30.6 Å². The fraction of sp³-hybridized carbons (Fsp3) is 0.238. The zero-order valence-electron chi connectivity index (χ0n) is 17.3. The molecule has 1 aromatic carbocycles. The Morgan fingerprint density at radius 3 is 2.74 bits per heavy atom. The predicted octanol–water partition coefficient (Wildman–Crippen LogP) is 4.09. The number of benzene rings is 1. The van der Waals surface area contributed by atoms with Gasteiger partial charge in [-0.1, -0.05) is 41.9 Å². The summed E-state index contributed by atoms with van der Waals surface area (Å²) in [5, 5.41) is 25.6. The van der Waals surface area contributed by atoms with E-state index < -0.39 is 6.29 Å². The van der Waals surface area contributed by atoms with Crippen molar-refractivity contribution in [1.29, 1.82) is 0 Å². The SMILES string of the molecule is CCOC(O)c1c(C)nn(-c2cc(Nc3n[nH]c(-c4ccccc4)c3Cl)ncn2)c1C. The molecule has 0 aliphatic heterocycles. The number of aromatic amines is 1. The molecule has 0 aliphatic carbocycles. The van der Waals surface area contributed by atoms with Gasteiger partial charge in [0.15, 0.2) is 17.9 Å². The molecular weight excluding hydrogens is 418 g/mol. The van der Waals surface area contributed by atoms with E-state index in [9.17, 15) is 5.11 Å². The molecule has 10 heteroatoms. The topological polar surface area (TPSA) is 114 Å². The van der Waals surface area contributed by atoms with Crippen LogP contribution in [0.2, 0.25) is 5.02 Å². The van der Waals surface area contributed by atoms with Gasteiger partial charge in [0.25, 0.3) is 0 Å². The van der Waals surface area contributed by atoms with Crippen LogP contribution in [0.25, 0.3) is 17.1 Å². The van der Waals surface area contributed by atoms with Crippen molar-refractivity contribution in [2.75, 3.05) is 11.9 Å². The van der Waals surface area contributed by atoms with Gasteiger partial charge >= 0.3 is 0 Å². The van der Waals surface area contributed by atoms with Gasteiger partial charge in [-0.3, -0.25) is 5.10 Å². The van der Waals surface area contributed by atoms with Crippen LogP contribution < -0.4 is 5.32 Å². The second-order valence-corrected chi connectivity index (χ2v) is 7.20. The van der Waals surface area contributed by atoms with Crippen molar-refractivity contribution in [3.05, 3.63) is 64.7 Å². The normalized spacial score (nSPS) is 12.2. The number of hydrogen-bond donors (Lipinski definition) is 3. The molecule has 4 aromatic rings. The monoisotopic (exact) mass is 439 g/mol. The van der Waals surface area contributed by atoms with Crippen molar-refractivity contribution >= 4 is 23.2 Å². The highest BCUT2D eigenvalue weighted by atomic mass is 35.5. The van der Waals surface area contributed by atoms with Crippen LogP contribution in [0.15, 0.2) is 42.7 Å². The van der Waals surface area contributed by atoms with Crippen molar-refractivity contribution in [3.8, 4) is 17.1 Å². The fourth-order valence-corrected chi connectivity index (χ4v) is 3.58. The first-order chi connectivity index (χ1) is 15.0. The Kier molecular flexibility index (Phi) is 5.99. The summed E-state index contributed by atoms with van der Waals surface area (Å²) in [6.45, 7) is 5.88. The van der Waals surface area contributed by atoms with E-state index in [0.29, 0.717) is 46.0 Å². The van der Waals surface area contributed by atoms with Gasteiger partial charge in [0, 0.05) is 18.2 Å². The Bertz CT molecular complexity index is 1190. The molecule has 0 saturated carbocycles. The van der Waals surface area contributed by atoms with Crippen molar-refractivity contribution in [2.45, 2.75) is 27.1 Å². The number of halogens is 1. The number of hydrogen-bond acceptors (Lipinski definition) is 7. The molecule has 31 heavy (non-hydrogen) atoms. The molecule has 9 nitrogen and oxygen atoms in total. The number of rotatable bonds is 7. The van der Waals surface area contributed by atoms with E-state index in [-0.39, 0.29) is 0 Å². The van der Waals surface area contributed by atoms with Gasteiger partial charge in [-0.15, -0.1) is 0 Å². The fourth-order valence-electron chi connectivity index (χ4n) is 3.34. The Morgan fingerprint density at radius 2 is 2.00 bits per heavy atom. The van der Waals surface area contributed by atoms with E-state index in [4.69, 9.17) is 16.3 Å². The van der Waals surface area contributed by atoms with Gasteiger partial charge in [-0.25, -0.2) is 14.6 Å². The number of anilines is 2. The van der Waals surface area contributed by atoms with Crippen LogP contribution in [-0.2, 0) is 4.74 Å². The molecule has 0 aliphatic rings. The lowest BCUT2D eigenvalue weighted by atomic mass is 10.1. The minimum absolute atomic E-state index is 0.391. The molecule has 0 saturated heterocycles. The van der Waals surface area contributed by atoms with Crippen LogP contribution in [0.1, 0.15) is 30.2 Å². The standard InChI is InChI=1S/C21H22ClN7O2/c1-4-31-21(30)17-12(2)28-29(13(17)3)16-10-15(23-11-24-16)25-20-18(22)19(26-27-20)14-8-6-5-7-9-14/h5-11,21,30H,4H2,1-3H3,(H2,23,24,25,26,27). The summed E-state index contributed by atoms with van der Waals surface area (Å²) in [5.74, 6) is 1.48. The van der Waals surface area contributed by atoms with Crippen molar-refractivity contribution in [3.63, 3.8) is 0 Å². The zero-order chi connectivity index (χ0) is 22.0. The van der Waals surface area contributed by atoms with Gasteiger partial charge in [-0.05, 0) is 20.8 Å². The molecule has 3 N–H and O–H groups in total. The summed E-state index contributed by atoms with van der Waals surface area (Å²) in [6.07, 6.45) is 0.378. The number of aryl methyl sites for hydroxylation is 1. The first-order valence-electron chi connectivity index (χ1n) is 9.74. The van der Waals surface area contributed by atoms with E-state index in [0.717, 1.165) is 11.3 Å². The largest absolute Gasteiger partial charge is 0.364 e. The Hall–Kier alpha value is -3.27. The number of aliphatic hydroxyl groups is 1. The summed E-state index contributed by atoms with van der Waals surface area (Å²) in [4.78, 5) is 8.57. The van der Waals surface area contributed by atoms with Crippen LogP contribution in [0.5, 0.6) is 0 Å². The molecule has 0 radical (unpaired) electrons. The summed E-state index contributed by atoms with van der Waals surface area (Å²) >= 11 is 6.52. The molecule has 0 fully saturated rings. The van der Waals surface area contributed by atoms with Crippen molar-refractivity contribution < 1.29 is 9.84 Å². The average Bonchev–Trinajstić information content (AvgIpc) is 3.28. The highest BCUT2D eigenvalue weighted by molar-refractivity contribution is 6.35. The second-order valence-electron chi connectivity index (χ2n) is 6.82. The van der Waals surface area contributed by atoms with E-state index >= 15 is 0 Å². The molecular formula is C21H22ClN7O2. The summed E-state index contributed by atoms with van der Waals surface area (Å²) in [7, 11) is 0. The number of nitrogens with zero attached hydrogens (tertiary/aromatic N) is 5. The minimum Gasteiger partial charge on any atom is -0.364 e. The van der Waals surface area contributed by atoms with E-state index in [1.807, 2.05) is 51.1 Å². The van der Waals surface area contributed by atoms with Crippen LogP contribution in [0, 0.1) is 13.8 Å². The van der Waals surface area contributed by atoms with Crippen LogP contribution >= 0.6 is 11.6 Å². The molecule has 0 spiro atoms. The highest BCUT2D eigenvalue weighted by Gasteiger charge is 2.21. The summed E-state index contributed by atoms with van der Waals surface area (Å²) in [6, 6.07) is 11.4. The van der Waals surface area contributed by atoms with Gasteiger partial charge in [0.1, 0.15) is 17.2 Å². The third-order valence-electron chi connectivity index (χ3n) is 4.80. The first-order valence-corrected chi connectivity index (χ1v) is 10.1. The smallest absolute Gasteiger partial charge is 0.184 e. The molecule has 0 bridgehead atoms. The number of H-pyrrole nitrogens is 1. The molecule has 1 atom stereocenters. The molecule has 3 heterocycles. The van der Waals surface area contributed by atoms with Gasteiger partial charge in [-0.2, -0.15) is 10.2 Å². The molecule has 160 valence electrons. The quantitative estimate of drug-likeness (QED) is 0.371. The van der Waals surface area contributed by atoms with Gasteiger partial charge in [0.2, 0.25) is 0 Å². The zero-order valence-corrected chi connectivity index (χ0v) is 18.1. The lowest BCUT2D eigenvalue weighted by Crippen LogP contribution is -2.07. The van der Waals surface area contributed by atoms with Crippen LogP contribution in [0.3, 0.4) is 0 Å². The maximum absolute atomic E-state index is 10.3. The number of aromatic nitrogens is 6. The van der Waals surface area contributed by atoms with E-state index in [1.165, 1.54) is 6.33 Å². The second kappa shape index (κ2) is 8.84. The molecule has 4 rings (SSSR count). The van der Waals surface area contributed by atoms with Crippen molar-refractivity contribution in [1.82, 2.24) is 29.9 Å². The van der Waals surface area contributed by atoms with Gasteiger partial charge < -0.3 is 15.2 Å². The Labute approximate surface area is 184 Å². The Morgan fingerprint density at radius 1 is 1.23 bits per heavy atom. The average molecular weight is 440 g/mol. The molecule has 1 unspecified atom stereocenters. The lowest BCUT2D eigenvalue weighted by Gasteiger charge is -2.11. The van der Waals surface area contributed by atoms with Crippen LogP contribution in [-0.4, -0.2) is 41.7 Å². The van der Waals surface area contributed by atoms with Crippen LogP contribution in [0.4, 0.5) is 11.6 Å². The maximum atomic E-state index is 10.3. The molecule has 0 amide bonds. The highest BCUT2D eigenvalue weighted by Crippen LogP contribution is 2.33. The maximum Gasteiger partial charge on any atom is 0.184 e. The number of nitrogens with one attached hydrogen (secondary N) is 2. The summed E-state index contributed by atoms with van der Waals surface area (Å²) in [5.41, 5.74) is 3.66. The van der Waals surface area contributed by atoms with E-state index in [1.54, 1.807) is 10.7 Å². The van der Waals surface area contributed by atoms with Gasteiger partial charge in [0.05, 0.1) is 22.6 Å². The first kappa shape index (κ1) is 21.0.